The van der Waals surface area contributed by atoms with Gasteiger partial charge in [0, 0.05) is 11.1 Å². The van der Waals surface area contributed by atoms with Crippen LogP contribution in [0.4, 0.5) is 5.69 Å². The summed E-state index contributed by atoms with van der Waals surface area (Å²) in [5, 5.41) is 0. The molecule has 1 aliphatic heterocycles. The lowest BCUT2D eigenvalue weighted by Gasteiger charge is -2.19. The van der Waals surface area contributed by atoms with Gasteiger partial charge in [-0.25, -0.2) is 0 Å². The summed E-state index contributed by atoms with van der Waals surface area (Å²) in [5.74, 6) is 0.222. The van der Waals surface area contributed by atoms with Crippen molar-refractivity contribution in [3.05, 3.63) is 78.4 Å². The van der Waals surface area contributed by atoms with Crippen molar-refractivity contribution in [2.24, 2.45) is 5.41 Å². The number of rotatable bonds is 3. The van der Waals surface area contributed by atoms with Gasteiger partial charge in [-0.15, -0.1) is 6.58 Å². The summed E-state index contributed by atoms with van der Waals surface area (Å²) in [7, 11) is 0. The molecule has 0 unspecified atom stereocenters. The number of carbonyl (C=O) groups is 1. The minimum atomic E-state index is -0.389. The minimum absolute atomic E-state index is 0.119. The lowest BCUT2D eigenvalue weighted by molar-refractivity contribution is -0.121. The van der Waals surface area contributed by atoms with Crippen LogP contribution in [0.3, 0.4) is 0 Å². The van der Waals surface area contributed by atoms with E-state index in [0.29, 0.717) is 6.54 Å². The van der Waals surface area contributed by atoms with Crippen LogP contribution in [-0.2, 0) is 16.8 Å². The zero-order valence-corrected chi connectivity index (χ0v) is 12.8. The Balaban J connectivity index is 1.79. The molecule has 1 aliphatic carbocycles. The monoisotopic (exact) mass is 289 g/mol. The number of anilines is 1. The number of hydrogen-bond donors (Lipinski definition) is 0. The predicted molar refractivity (Wildman–Crippen MR) is 88.7 cm³/mol. The molecule has 0 saturated heterocycles. The molecule has 1 saturated carbocycles. The highest BCUT2D eigenvalue weighted by atomic mass is 16.2. The first-order valence-electron chi connectivity index (χ1n) is 7.71. The number of carbonyl (C=O) groups excluding carboxylic acids is 1. The van der Waals surface area contributed by atoms with Gasteiger partial charge < -0.3 is 4.90 Å². The topological polar surface area (TPSA) is 20.3 Å². The van der Waals surface area contributed by atoms with Crippen molar-refractivity contribution < 1.29 is 4.79 Å². The van der Waals surface area contributed by atoms with E-state index in [4.69, 9.17) is 0 Å². The van der Waals surface area contributed by atoms with Gasteiger partial charge in [0.1, 0.15) is 0 Å². The fourth-order valence-corrected chi connectivity index (χ4v) is 3.92. The van der Waals surface area contributed by atoms with E-state index in [1.165, 1.54) is 5.56 Å². The molecular formula is C20H19NO. The summed E-state index contributed by atoms with van der Waals surface area (Å²) in [5.41, 5.74) is 2.87. The maximum Gasteiger partial charge on any atom is 0.238 e. The van der Waals surface area contributed by atoms with Crippen LogP contribution in [0.25, 0.3) is 0 Å². The second kappa shape index (κ2) is 4.33. The summed E-state index contributed by atoms with van der Waals surface area (Å²) in [6.45, 7) is 6.73. The molecule has 2 atom stereocenters. The summed E-state index contributed by atoms with van der Waals surface area (Å²) in [6, 6.07) is 18.4. The van der Waals surface area contributed by atoms with Gasteiger partial charge in [0.2, 0.25) is 5.91 Å². The van der Waals surface area contributed by atoms with E-state index < -0.39 is 0 Å². The third kappa shape index (κ3) is 1.52. The first kappa shape index (κ1) is 13.3. The van der Waals surface area contributed by atoms with Gasteiger partial charge in [0.05, 0.1) is 12.0 Å². The smallest absolute Gasteiger partial charge is 0.238 e. The fraction of sp³-hybridized carbons (Fsp3) is 0.250. The highest BCUT2D eigenvalue weighted by molar-refractivity contribution is 6.11. The molecule has 2 aliphatic rings. The van der Waals surface area contributed by atoms with Gasteiger partial charge in [0.25, 0.3) is 0 Å². The normalized spacial score (nSPS) is 28.8. The van der Waals surface area contributed by atoms with E-state index in [9.17, 15) is 4.79 Å². The third-order valence-electron chi connectivity index (χ3n) is 5.38. The molecule has 2 aromatic carbocycles. The number of allylic oxidation sites excluding steroid dienone is 1. The summed E-state index contributed by atoms with van der Waals surface area (Å²) in [6.07, 6.45) is 2.82. The van der Waals surface area contributed by atoms with Crippen molar-refractivity contribution in [3.63, 3.8) is 0 Å². The second-order valence-corrected chi connectivity index (χ2v) is 6.60. The first-order valence-corrected chi connectivity index (χ1v) is 7.71. The molecule has 1 heterocycles. The van der Waals surface area contributed by atoms with Gasteiger partial charge in [-0.1, -0.05) is 61.5 Å². The standard InChI is InChI=1S/C20H19NO/c1-3-19(2)14-20(19)16-11-7-8-12-17(16)21(18(20)22)13-15-9-5-4-6-10-15/h3-12H,1,13-14H2,2H3/t19-,20-/m1/s1. The molecule has 110 valence electrons. The van der Waals surface area contributed by atoms with Crippen molar-refractivity contribution in [2.75, 3.05) is 4.90 Å². The van der Waals surface area contributed by atoms with Gasteiger partial charge in [0.15, 0.2) is 0 Å². The van der Waals surface area contributed by atoms with Crippen molar-refractivity contribution in [3.8, 4) is 0 Å². The lowest BCUT2D eigenvalue weighted by atomic mass is 9.88. The molecule has 22 heavy (non-hydrogen) atoms. The molecule has 4 rings (SSSR count). The van der Waals surface area contributed by atoms with Crippen LogP contribution >= 0.6 is 0 Å². The Morgan fingerprint density at radius 2 is 1.82 bits per heavy atom. The molecule has 0 N–H and O–H groups in total. The van der Waals surface area contributed by atoms with Crippen LogP contribution in [0.1, 0.15) is 24.5 Å². The van der Waals surface area contributed by atoms with E-state index in [2.05, 4.69) is 37.8 Å². The van der Waals surface area contributed by atoms with Crippen LogP contribution in [0.5, 0.6) is 0 Å². The zero-order valence-electron chi connectivity index (χ0n) is 12.8. The Bertz CT molecular complexity index is 766. The maximum absolute atomic E-state index is 13.2. The number of fused-ring (bicyclic) bond motifs is 2. The maximum atomic E-state index is 13.2. The Morgan fingerprint density at radius 3 is 2.50 bits per heavy atom. The number of nitrogens with zero attached hydrogens (tertiary/aromatic N) is 1. The Morgan fingerprint density at radius 1 is 1.14 bits per heavy atom. The van der Waals surface area contributed by atoms with Crippen molar-refractivity contribution in [1.82, 2.24) is 0 Å². The van der Waals surface area contributed by atoms with Crippen LogP contribution in [0.15, 0.2) is 67.3 Å². The van der Waals surface area contributed by atoms with Crippen LogP contribution < -0.4 is 4.90 Å². The molecule has 0 bridgehead atoms. The lowest BCUT2D eigenvalue weighted by Crippen LogP contribution is -2.34. The number of para-hydroxylation sites is 1. The molecular weight excluding hydrogens is 270 g/mol. The highest BCUT2D eigenvalue weighted by Gasteiger charge is 2.72. The second-order valence-electron chi connectivity index (χ2n) is 6.60. The summed E-state index contributed by atoms with van der Waals surface area (Å²) < 4.78 is 0. The molecule has 1 spiro atoms. The molecule has 0 aromatic heterocycles. The van der Waals surface area contributed by atoms with E-state index >= 15 is 0 Å². The van der Waals surface area contributed by atoms with E-state index in [0.717, 1.165) is 17.7 Å². The van der Waals surface area contributed by atoms with Crippen LogP contribution in [0, 0.1) is 5.41 Å². The molecule has 2 nitrogen and oxygen atoms in total. The SMILES string of the molecule is C=C[C@]1(C)C[C@@]12C(=O)N(Cc1ccccc1)c1ccccc12. The van der Waals surface area contributed by atoms with E-state index in [1.807, 2.05) is 41.3 Å². The molecule has 0 radical (unpaired) electrons. The molecule has 2 aromatic rings. The molecule has 2 heteroatoms. The van der Waals surface area contributed by atoms with E-state index in [1.54, 1.807) is 0 Å². The third-order valence-corrected chi connectivity index (χ3v) is 5.38. The fourth-order valence-electron chi connectivity index (χ4n) is 3.92. The summed E-state index contributed by atoms with van der Waals surface area (Å²) in [4.78, 5) is 15.1. The average Bonchev–Trinajstić information content (AvgIpc) is 3.14. The largest absolute Gasteiger partial charge is 0.307 e. The Kier molecular flexibility index (Phi) is 2.62. The molecule has 1 fully saturated rings. The minimum Gasteiger partial charge on any atom is -0.307 e. The number of amides is 1. The zero-order chi connectivity index (χ0) is 15.4. The van der Waals surface area contributed by atoms with Crippen molar-refractivity contribution in [2.45, 2.75) is 25.3 Å². The van der Waals surface area contributed by atoms with Crippen molar-refractivity contribution in [1.29, 1.82) is 0 Å². The van der Waals surface area contributed by atoms with E-state index in [-0.39, 0.29) is 16.7 Å². The highest BCUT2D eigenvalue weighted by Crippen LogP contribution is 2.70. The van der Waals surface area contributed by atoms with Gasteiger partial charge in [-0.2, -0.15) is 0 Å². The Hall–Kier alpha value is -2.35. The summed E-state index contributed by atoms with van der Waals surface area (Å²) >= 11 is 0. The van der Waals surface area contributed by atoms with Gasteiger partial charge in [-0.3, -0.25) is 4.79 Å². The van der Waals surface area contributed by atoms with Crippen molar-refractivity contribution >= 4 is 11.6 Å². The van der Waals surface area contributed by atoms with Crippen LogP contribution in [-0.4, -0.2) is 5.91 Å². The van der Waals surface area contributed by atoms with Gasteiger partial charge in [-0.05, 0) is 23.6 Å². The average molecular weight is 289 g/mol. The Labute approximate surface area is 131 Å². The predicted octanol–water partition coefficient (Wildman–Crippen LogP) is 4.07. The van der Waals surface area contributed by atoms with Crippen LogP contribution in [0.2, 0.25) is 0 Å². The van der Waals surface area contributed by atoms with Gasteiger partial charge >= 0.3 is 0 Å². The number of benzene rings is 2. The first-order chi connectivity index (χ1) is 10.6. The molecule has 1 amide bonds. The quantitative estimate of drug-likeness (QED) is 0.780. The number of hydrogen-bond acceptors (Lipinski definition) is 1.